The van der Waals surface area contributed by atoms with Crippen molar-refractivity contribution in [2.75, 3.05) is 6.61 Å². The van der Waals surface area contributed by atoms with Crippen molar-refractivity contribution < 1.29 is 19.5 Å². The smallest absolute Gasteiger partial charge is 0.305 e. The van der Waals surface area contributed by atoms with Gasteiger partial charge in [-0.15, -0.1) is 0 Å². The second kappa shape index (κ2) is 6.25. The second-order valence-corrected chi connectivity index (χ2v) is 5.39. The van der Waals surface area contributed by atoms with Gasteiger partial charge in [0.2, 0.25) is 5.82 Å². The molecular weight excluding hydrogens is 267 g/mol. The van der Waals surface area contributed by atoms with Crippen LogP contribution in [0.15, 0.2) is 18.2 Å². The summed E-state index contributed by atoms with van der Waals surface area (Å²) in [5.74, 6) is -0.942. The van der Waals surface area contributed by atoms with Crippen LogP contribution in [0, 0.1) is 15.9 Å². The maximum Gasteiger partial charge on any atom is 0.305 e. The Hall–Kier alpha value is -1.57. The maximum atomic E-state index is 13.2. The molecule has 0 aliphatic heterocycles. The van der Waals surface area contributed by atoms with Gasteiger partial charge in [-0.05, 0) is 32.4 Å². The summed E-state index contributed by atoms with van der Waals surface area (Å²) in [6.07, 6.45) is -1.06. The van der Waals surface area contributed by atoms with Gasteiger partial charge in [-0.1, -0.05) is 6.07 Å². The normalized spacial score (nSPS) is 14.9. The highest BCUT2D eigenvalue weighted by molar-refractivity contribution is 5.37. The summed E-state index contributed by atoms with van der Waals surface area (Å²) in [6.45, 7) is 5.05. The highest BCUT2D eigenvalue weighted by Gasteiger charge is 2.26. The molecule has 0 amide bonds. The summed E-state index contributed by atoms with van der Waals surface area (Å²) in [6, 6.07) is 2.81. The zero-order valence-electron chi connectivity index (χ0n) is 11.6. The lowest BCUT2D eigenvalue weighted by molar-refractivity contribution is -0.387. The van der Waals surface area contributed by atoms with E-state index < -0.39 is 34.1 Å². The number of nitro groups is 1. The molecule has 7 heteroatoms. The Morgan fingerprint density at radius 2 is 2.10 bits per heavy atom. The first kappa shape index (κ1) is 16.5. The zero-order valence-corrected chi connectivity index (χ0v) is 11.6. The molecule has 1 aromatic rings. The lowest BCUT2D eigenvalue weighted by Crippen LogP contribution is -2.49. The molecule has 0 saturated heterocycles. The average molecular weight is 286 g/mol. The molecule has 1 aromatic carbocycles. The molecule has 20 heavy (non-hydrogen) atoms. The second-order valence-electron chi connectivity index (χ2n) is 5.39. The van der Waals surface area contributed by atoms with Crippen LogP contribution in [0.4, 0.5) is 10.1 Å². The quantitative estimate of drug-likeness (QED) is 0.544. The van der Waals surface area contributed by atoms with E-state index in [4.69, 9.17) is 5.11 Å². The molecule has 2 unspecified atom stereocenters. The van der Waals surface area contributed by atoms with Gasteiger partial charge in [0.25, 0.3) is 0 Å². The van der Waals surface area contributed by atoms with Gasteiger partial charge in [-0.2, -0.15) is 4.39 Å². The van der Waals surface area contributed by atoms with Gasteiger partial charge in [0.1, 0.15) is 0 Å². The minimum Gasteiger partial charge on any atom is -0.394 e. The third-order valence-corrected chi connectivity index (χ3v) is 3.00. The first-order valence-corrected chi connectivity index (χ1v) is 6.18. The molecule has 0 radical (unpaired) electrons. The molecule has 0 aromatic heterocycles. The van der Waals surface area contributed by atoms with Crippen molar-refractivity contribution in [1.82, 2.24) is 5.32 Å². The molecule has 0 spiro atoms. The number of aliphatic hydroxyl groups is 2. The summed E-state index contributed by atoms with van der Waals surface area (Å²) in [5.41, 5.74) is -1.03. The largest absolute Gasteiger partial charge is 0.394 e. The van der Waals surface area contributed by atoms with Crippen molar-refractivity contribution in [3.63, 3.8) is 0 Å². The molecule has 6 nitrogen and oxygen atoms in total. The van der Waals surface area contributed by atoms with Crippen LogP contribution >= 0.6 is 0 Å². The van der Waals surface area contributed by atoms with Gasteiger partial charge >= 0.3 is 5.69 Å². The third-order valence-electron chi connectivity index (χ3n) is 3.00. The summed E-state index contributed by atoms with van der Waals surface area (Å²) in [7, 11) is 0. The molecular formula is C13H19FN2O4. The molecule has 2 atom stereocenters. The first-order valence-electron chi connectivity index (χ1n) is 6.18. The maximum absolute atomic E-state index is 13.2. The van der Waals surface area contributed by atoms with Gasteiger partial charge in [-0.3, -0.25) is 10.1 Å². The Kier molecular flexibility index (Phi) is 5.15. The van der Waals surface area contributed by atoms with Gasteiger partial charge in [0.15, 0.2) is 0 Å². The molecule has 112 valence electrons. The van der Waals surface area contributed by atoms with Crippen LogP contribution in [0.25, 0.3) is 0 Å². The number of hydrogen-bond donors (Lipinski definition) is 3. The van der Waals surface area contributed by atoms with Gasteiger partial charge in [-0.25, -0.2) is 0 Å². The Morgan fingerprint density at radius 3 is 2.60 bits per heavy atom. The van der Waals surface area contributed by atoms with E-state index in [0.29, 0.717) is 0 Å². The molecule has 0 fully saturated rings. The van der Waals surface area contributed by atoms with Crippen molar-refractivity contribution in [2.45, 2.75) is 38.5 Å². The summed E-state index contributed by atoms with van der Waals surface area (Å²) >= 11 is 0. The highest BCUT2D eigenvalue weighted by atomic mass is 19.1. The number of nitro benzene ring substituents is 1. The fourth-order valence-corrected chi connectivity index (χ4v) is 1.88. The van der Waals surface area contributed by atoms with E-state index in [0.717, 1.165) is 12.1 Å². The van der Waals surface area contributed by atoms with Crippen molar-refractivity contribution in [3.8, 4) is 0 Å². The van der Waals surface area contributed by atoms with Crippen molar-refractivity contribution in [2.24, 2.45) is 0 Å². The van der Waals surface area contributed by atoms with E-state index >= 15 is 0 Å². The summed E-state index contributed by atoms with van der Waals surface area (Å²) < 4.78 is 13.2. The molecule has 0 heterocycles. The number of nitrogens with zero attached hydrogens (tertiary/aromatic N) is 1. The van der Waals surface area contributed by atoms with E-state index in [2.05, 4.69) is 5.32 Å². The van der Waals surface area contributed by atoms with Crippen LogP contribution in [0.3, 0.4) is 0 Å². The minimum atomic E-state index is -1.06. The number of rotatable bonds is 6. The summed E-state index contributed by atoms with van der Waals surface area (Å²) in [5, 5.41) is 33.0. The zero-order chi connectivity index (χ0) is 15.5. The molecule has 0 saturated carbocycles. The van der Waals surface area contributed by atoms with Crippen LogP contribution in [-0.2, 0) is 0 Å². The number of hydrogen-bond acceptors (Lipinski definition) is 5. The monoisotopic (exact) mass is 286 g/mol. The molecule has 3 N–H and O–H groups in total. The molecule has 1 rings (SSSR count). The predicted molar refractivity (Wildman–Crippen MR) is 71.8 cm³/mol. The Balaban J connectivity index is 2.94. The predicted octanol–water partition coefficient (Wildman–Crippen LogP) is 1.52. The summed E-state index contributed by atoms with van der Waals surface area (Å²) in [4.78, 5) is 9.84. The first-order chi connectivity index (χ1) is 9.18. The fraction of sp³-hybridized carbons (Fsp3) is 0.538. The Bertz CT molecular complexity index is 493. The number of nitrogens with one attached hydrogen (secondary N) is 1. The van der Waals surface area contributed by atoms with Crippen molar-refractivity contribution in [3.05, 3.63) is 39.7 Å². The molecule has 0 aliphatic rings. The Labute approximate surface area is 116 Å². The van der Waals surface area contributed by atoms with E-state index in [1.54, 1.807) is 20.8 Å². The van der Waals surface area contributed by atoms with Crippen LogP contribution in [-0.4, -0.2) is 33.3 Å². The Morgan fingerprint density at radius 1 is 1.50 bits per heavy atom. The van der Waals surface area contributed by atoms with E-state index in [1.165, 1.54) is 6.07 Å². The van der Waals surface area contributed by atoms with Crippen molar-refractivity contribution in [1.29, 1.82) is 0 Å². The lowest BCUT2D eigenvalue weighted by Gasteiger charge is -2.31. The topological polar surface area (TPSA) is 95.6 Å². The standard InChI is InChI=1S/C13H19FN2O4/c1-8(15-13(2,3)7-17)12(18)9-4-5-10(14)11(6-9)16(19)20/h4-6,8,12,15,17-18H,7H2,1-3H3. The van der Waals surface area contributed by atoms with Gasteiger partial charge in [0, 0.05) is 17.6 Å². The SMILES string of the molecule is CC(NC(C)(C)CO)C(O)c1ccc(F)c([N+](=O)[O-])c1. The molecule has 0 aliphatic carbocycles. The third kappa shape index (κ3) is 3.96. The van der Waals surface area contributed by atoms with Crippen LogP contribution in [0.5, 0.6) is 0 Å². The minimum absolute atomic E-state index is 0.131. The average Bonchev–Trinajstić information content (AvgIpc) is 2.37. The number of benzene rings is 1. The number of halogens is 1. The van der Waals surface area contributed by atoms with Crippen LogP contribution in [0.1, 0.15) is 32.4 Å². The van der Waals surface area contributed by atoms with Crippen molar-refractivity contribution >= 4 is 5.69 Å². The number of aliphatic hydroxyl groups excluding tert-OH is 2. The van der Waals surface area contributed by atoms with E-state index in [9.17, 15) is 19.6 Å². The highest BCUT2D eigenvalue weighted by Crippen LogP contribution is 2.25. The van der Waals surface area contributed by atoms with Crippen LogP contribution in [0.2, 0.25) is 0 Å². The van der Waals surface area contributed by atoms with Gasteiger partial charge in [0.05, 0.1) is 17.6 Å². The van der Waals surface area contributed by atoms with Crippen LogP contribution < -0.4 is 5.32 Å². The van der Waals surface area contributed by atoms with E-state index in [-0.39, 0.29) is 12.2 Å². The fourth-order valence-electron chi connectivity index (χ4n) is 1.88. The lowest BCUT2D eigenvalue weighted by atomic mass is 9.99. The van der Waals surface area contributed by atoms with E-state index in [1.807, 2.05) is 0 Å². The molecule has 0 bridgehead atoms. The van der Waals surface area contributed by atoms with Gasteiger partial charge < -0.3 is 15.5 Å².